The van der Waals surface area contributed by atoms with E-state index in [-0.39, 0.29) is 47.3 Å². The molecule has 0 unspecified atom stereocenters. The van der Waals surface area contributed by atoms with Crippen LogP contribution in [0.1, 0.15) is 54.4 Å². The fraction of sp³-hybridized carbons (Fsp3) is 0.368. The average molecular weight is 348 g/mol. The number of phenolic OH excluding ortho intramolecular Hbond substituents is 4. The zero-order chi connectivity index (χ0) is 18.6. The molecule has 0 atom stereocenters. The van der Waals surface area contributed by atoms with Crippen molar-refractivity contribution in [2.75, 3.05) is 0 Å². The zero-order valence-electron chi connectivity index (χ0n) is 14.1. The van der Waals surface area contributed by atoms with E-state index < -0.39 is 5.92 Å². The Kier molecular flexibility index (Phi) is 6.12. The minimum Gasteiger partial charge on any atom is -0.507 e. The van der Waals surface area contributed by atoms with E-state index in [1.807, 2.05) is 6.92 Å². The summed E-state index contributed by atoms with van der Waals surface area (Å²) in [7, 11) is 0. The summed E-state index contributed by atoms with van der Waals surface area (Å²) < 4.78 is 0. The van der Waals surface area contributed by atoms with E-state index in [0.717, 1.165) is 12.8 Å². The van der Waals surface area contributed by atoms with E-state index in [2.05, 4.69) is 0 Å². The van der Waals surface area contributed by atoms with Crippen LogP contribution in [-0.4, -0.2) is 30.6 Å². The molecule has 0 aliphatic carbocycles. The second-order valence-electron chi connectivity index (χ2n) is 6.11. The van der Waals surface area contributed by atoms with Crippen LogP contribution in [0.2, 0.25) is 0 Å². The van der Waals surface area contributed by atoms with Gasteiger partial charge >= 0.3 is 0 Å². The van der Waals surface area contributed by atoms with Gasteiger partial charge in [-0.15, -0.1) is 0 Å². The molecule has 136 valence electrons. The van der Waals surface area contributed by atoms with Gasteiger partial charge in [0.25, 0.3) is 0 Å². The smallest absolute Gasteiger partial charge is 0.123 e. The Morgan fingerprint density at radius 2 is 1.08 bits per heavy atom. The molecule has 25 heavy (non-hydrogen) atoms. The van der Waals surface area contributed by atoms with Crippen LogP contribution in [0, 0.1) is 0 Å². The Morgan fingerprint density at radius 1 is 0.720 bits per heavy atom. The van der Waals surface area contributed by atoms with Crippen molar-refractivity contribution >= 4 is 0 Å². The van der Waals surface area contributed by atoms with Gasteiger partial charge in [-0.1, -0.05) is 19.8 Å². The molecule has 6 nitrogen and oxygen atoms in total. The first kappa shape index (κ1) is 18.9. The summed E-state index contributed by atoms with van der Waals surface area (Å²) in [6, 6.07) is 5.41. The zero-order valence-corrected chi connectivity index (χ0v) is 14.1. The van der Waals surface area contributed by atoms with Crippen LogP contribution in [0.3, 0.4) is 0 Å². The Balaban J connectivity index is 2.62. The maximum atomic E-state index is 10.3. The van der Waals surface area contributed by atoms with Gasteiger partial charge in [-0.25, -0.2) is 0 Å². The molecule has 2 aromatic carbocycles. The largest absolute Gasteiger partial charge is 0.507 e. The van der Waals surface area contributed by atoms with Crippen molar-refractivity contribution in [2.24, 2.45) is 0 Å². The van der Waals surface area contributed by atoms with Crippen LogP contribution in [0.5, 0.6) is 23.0 Å². The number of aromatic hydroxyl groups is 4. The molecule has 0 bridgehead atoms. The highest BCUT2D eigenvalue weighted by atomic mass is 16.3. The highest BCUT2D eigenvalue weighted by Crippen LogP contribution is 2.47. The summed E-state index contributed by atoms with van der Waals surface area (Å²) in [6.07, 6.45) is 2.07. The Labute approximate surface area is 146 Å². The Hall–Kier alpha value is -2.44. The summed E-state index contributed by atoms with van der Waals surface area (Å²) in [4.78, 5) is 0. The third kappa shape index (κ3) is 3.97. The molecular formula is C19H24O6. The highest BCUT2D eigenvalue weighted by molar-refractivity contribution is 5.58. The topological polar surface area (TPSA) is 121 Å². The van der Waals surface area contributed by atoms with Gasteiger partial charge in [0.1, 0.15) is 23.0 Å². The van der Waals surface area contributed by atoms with Crippen molar-refractivity contribution in [3.8, 4) is 23.0 Å². The SMILES string of the molecule is CCCCC(c1c(O)cc(CO)cc1O)c1c(O)cc(CO)cc1O. The van der Waals surface area contributed by atoms with Gasteiger partial charge in [-0.05, 0) is 41.8 Å². The summed E-state index contributed by atoms with van der Waals surface area (Å²) in [5, 5.41) is 59.8. The van der Waals surface area contributed by atoms with Gasteiger partial charge in [0.15, 0.2) is 0 Å². The lowest BCUT2D eigenvalue weighted by Gasteiger charge is -2.23. The van der Waals surface area contributed by atoms with Crippen molar-refractivity contribution in [2.45, 2.75) is 45.3 Å². The number of hydrogen-bond donors (Lipinski definition) is 6. The summed E-state index contributed by atoms with van der Waals surface area (Å²) in [5.41, 5.74) is 1.09. The first-order valence-corrected chi connectivity index (χ1v) is 8.24. The molecule has 0 radical (unpaired) electrons. The average Bonchev–Trinajstić information content (AvgIpc) is 2.57. The van der Waals surface area contributed by atoms with Gasteiger partial charge in [-0.2, -0.15) is 0 Å². The van der Waals surface area contributed by atoms with Crippen LogP contribution < -0.4 is 0 Å². The first-order valence-electron chi connectivity index (χ1n) is 8.24. The van der Waals surface area contributed by atoms with Gasteiger partial charge in [-0.3, -0.25) is 0 Å². The van der Waals surface area contributed by atoms with Crippen molar-refractivity contribution in [1.82, 2.24) is 0 Å². The lowest BCUT2D eigenvalue weighted by molar-refractivity contribution is 0.280. The monoisotopic (exact) mass is 348 g/mol. The molecule has 0 fully saturated rings. The van der Waals surface area contributed by atoms with Crippen molar-refractivity contribution in [3.05, 3.63) is 46.5 Å². The second-order valence-corrected chi connectivity index (χ2v) is 6.11. The van der Waals surface area contributed by atoms with Crippen molar-refractivity contribution in [1.29, 1.82) is 0 Å². The van der Waals surface area contributed by atoms with E-state index in [0.29, 0.717) is 17.5 Å². The maximum absolute atomic E-state index is 10.3. The molecule has 0 saturated carbocycles. The van der Waals surface area contributed by atoms with E-state index in [1.54, 1.807) is 0 Å². The lowest BCUT2D eigenvalue weighted by Crippen LogP contribution is -2.05. The number of hydrogen-bond acceptors (Lipinski definition) is 6. The molecule has 2 aromatic rings. The fourth-order valence-corrected chi connectivity index (χ4v) is 3.10. The van der Waals surface area contributed by atoms with Crippen LogP contribution in [0.4, 0.5) is 0 Å². The summed E-state index contributed by atoms with van der Waals surface area (Å²) in [5.74, 6) is -1.49. The molecule has 6 heteroatoms. The minimum absolute atomic E-state index is 0.188. The van der Waals surface area contributed by atoms with Crippen LogP contribution in [0.25, 0.3) is 0 Å². The van der Waals surface area contributed by atoms with Crippen LogP contribution >= 0.6 is 0 Å². The molecule has 2 rings (SSSR count). The molecule has 6 N–H and O–H groups in total. The molecule has 0 amide bonds. The van der Waals surface area contributed by atoms with Gasteiger partial charge in [0, 0.05) is 17.0 Å². The quantitative estimate of drug-likeness (QED) is 0.458. The molecular weight excluding hydrogens is 324 g/mol. The number of aliphatic hydroxyl groups is 2. The van der Waals surface area contributed by atoms with E-state index in [4.69, 9.17) is 0 Å². The standard InChI is InChI=1S/C19H24O6/c1-2-3-4-13(18-14(22)5-11(9-20)6-15(18)23)19-16(24)7-12(10-21)8-17(19)25/h5-8,13,20-25H,2-4,9-10H2,1H3. The predicted molar refractivity (Wildman–Crippen MR) is 92.8 cm³/mol. The number of aliphatic hydroxyl groups excluding tert-OH is 2. The first-order chi connectivity index (χ1) is 11.9. The normalized spacial score (nSPS) is 11.2. The highest BCUT2D eigenvalue weighted by Gasteiger charge is 2.27. The third-order valence-electron chi connectivity index (χ3n) is 4.30. The molecule has 0 saturated heterocycles. The van der Waals surface area contributed by atoms with Crippen molar-refractivity contribution in [3.63, 3.8) is 0 Å². The van der Waals surface area contributed by atoms with E-state index >= 15 is 0 Å². The maximum Gasteiger partial charge on any atom is 0.123 e. The van der Waals surface area contributed by atoms with Gasteiger partial charge < -0.3 is 30.6 Å². The Bertz CT molecular complexity index is 635. The third-order valence-corrected chi connectivity index (χ3v) is 4.30. The number of rotatable bonds is 7. The lowest BCUT2D eigenvalue weighted by atomic mass is 9.84. The minimum atomic E-state index is -0.638. The second kappa shape index (κ2) is 8.09. The molecule has 0 aromatic heterocycles. The summed E-state index contributed by atoms with van der Waals surface area (Å²) in [6.45, 7) is 1.33. The molecule has 0 aliphatic rings. The predicted octanol–water partition coefficient (Wildman–Crippen LogP) is 2.82. The van der Waals surface area contributed by atoms with Crippen LogP contribution in [-0.2, 0) is 13.2 Å². The fourth-order valence-electron chi connectivity index (χ4n) is 3.10. The number of phenols is 4. The molecule has 0 heterocycles. The van der Waals surface area contributed by atoms with Gasteiger partial charge in [0.05, 0.1) is 13.2 Å². The number of unbranched alkanes of at least 4 members (excludes halogenated alkanes) is 1. The summed E-state index contributed by atoms with van der Waals surface area (Å²) >= 11 is 0. The Morgan fingerprint density at radius 3 is 1.36 bits per heavy atom. The van der Waals surface area contributed by atoms with Gasteiger partial charge in [0.2, 0.25) is 0 Å². The number of benzene rings is 2. The van der Waals surface area contributed by atoms with E-state index in [9.17, 15) is 30.6 Å². The molecule has 0 aliphatic heterocycles. The molecule has 0 spiro atoms. The van der Waals surface area contributed by atoms with Crippen molar-refractivity contribution < 1.29 is 30.6 Å². The van der Waals surface area contributed by atoms with Crippen LogP contribution in [0.15, 0.2) is 24.3 Å². The van der Waals surface area contributed by atoms with E-state index in [1.165, 1.54) is 24.3 Å².